The van der Waals surface area contributed by atoms with Gasteiger partial charge in [0, 0.05) is 17.7 Å². The highest BCUT2D eigenvalue weighted by molar-refractivity contribution is 5.93. The molecule has 1 N–H and O–H groups in total. The molecule has 1 aromatic carbocycles. The van der Waals surface area contributed by atoms with Gasteiger partial charge in [-0.25, -0.2) is 9.50 Å². The molecule has 2 aliphatic carbocycles. The third-order valence-corrected chi connectivity index (χ3v) is 6.81. The monoisotopic (exact) mass is 428 g/mol. The molecular weight excluding hydrogens is 405 g/mol. The second-order valence-corrected chi connectivity index (χ2v) is 8.79. The summed E-state index contributed by atoms with van der Waals surface area (Å²) in [5, 5.41) is 6.93. The molecule has 3 aromatic rings. The van der Waals surface area contributed by atoms with Crippen LogP contribution in [0, 0.1) is 17.8 Å². The van der Waals surface area contributed by atoms with E-state index in [1.54, 1.807) is 30.3 Å². The number of rotatable bonds is 4. The third kappa shape index (κ3) is 3.68. The van der Waals surface area contributed by atoms with Crippen LogP contribution in [0.4, 0.5) is 13.2 Å². The summed E-state index contributed by atoms with van der Waals surface area (Å²) in [5.74, 6) is 1.34. The Kier molecular flexibility index (Phi) is 4.75. The van der Waals surface area contributed by atoms with Crippen molar-refractivity contribution in [1.82, 2.24) is 19.9 Å². The molecule has 0 spiro atoms. The molecule has 2 bridgehead atoms. The number of nitrogens with one attached hydrogen (secondary N) is 1. The molecule has 162 valence electrons. The van der Waals surface area contributed by atoms with Crippen molar-refractivity contribution in [2.45, 2.75) is 44.8 Å². The normalized spacial score (nSPS) is 23.9. The zero-order valence-corrected chi connectivity index (χ0v) is 17.1. The molecule has 2 aromatic heterocycles. The summed E-state index contributed by atoms with van der Waals surface area (Å²) in [4.78, 5) is 17.1. The average Bonchev–Trinajstić information content (AvgIpc) is 3.48. The Morgan fingerprint density at radius 2 is 1.94 bits per heavy atom. The first-order valence-electron chi connectivity index (χ1n) is 10.6. The van der Waals surface area contributed by atoms with Crippen LogP contribution in [0.1, 0.15) is 48.8 Å². The Morgan fingerprint density at radius 1 is 1.16 bits per heavy atom. The van der Waals surface area contributed by atoms with Crippen LogP contribution in [0.2, 0.25) is 0 Å². The van der Waals surface area contributed by atoms with Gasteiger partial charge in [0.2, 0.25) is 0 Å². The summed E-state index contributed by atoms with van der Waals surface area (Å²) in [6.07, 6.45) is 0.160. The summed E-state index contributed by atoms with van der Waals surface area (Å²) in [6, 6.07) is 10.9. The van der Waals surface area contributed by atoms with Gasteiger partial charge in [0.05, 0.1) is 5.69 Å². The van der Waals surface area contributed by atoms with Crippen LogP contribution in [-0.4, -0.2) is 26.5 Å². The number of amides is 1. The number of carbonyl (C=O) groups excluding carboxylic acids is 1. The maximum Gasteiger partial charge on any atom is 0.433 e. The molecule has 0 unspecified atom stereocenters. The van der Waals surface area contributed by atoms with Gasteiger partial charge in [0.15, 0.2) is 17.0 Å². The molecule has 2 heterocycles. The van der Waals surface area contributed by atoms with Gasteiger partial charge >= 0.3 is 6.18 Å². The Hall–Kier alpha value is -2.90. The van der Waals surface area contributed by atoms with Crippen molar-refractivity contribution < 1.29 is 18.0 Å². The fraction of sp³-hybridized carbons (Fsp3) is 0.435. The van der Waals surface area contributed by atoms with Gasteiger partial charge in [-0.15, -0.1) is 0 Å². The lowest BCUT2D eigenvalue weighted by Gasteiger charge is -2.28. The van der Waals surface area contributed by atoms with E-state index in [0.29, 0.717) is 21.9 Å². The topological polar surface area (TPSA) is 59.3 Å². The van der Waals surface area contributed by atoms with Gasteiger partial charge < -0.3 is 5.32 Å². The Morgan fingerprint density at radius 3 is 2.58 bits per heavy atom. The van der Waals surface area contributed by atoms with Gasteiger partial charge in [0.1, 0.15) is 0 Å². The summed E-state index contributed by atoms with van der Waals surface area (Å²) in [7, 11) is 0. The Labute approximate surface area is 177 Å². The lowest BCUT2D eigenvalue weighted by Crippen LogP contribution is -2.40. The highest BCUT2D eigenvalue weighted by Crippen LogP contribution is 2.49. The van der Waals surface area contributed by atoms with Crippen LogP contribution in [0.25, 0.3) is 16.9 Å². The lowest BCUT2D eigenvalue weighted by atomic mass is 9.84. The molecule has 5 nitrogen and oxygen atoms in total. The predicted octanol–water partition coefficient (Wildman–Crippen LogP) is 4.97. The lowest BCUT2D eigenvalue weighted by molar-refractivity contribution is -0.142. The minimum absolute atomic E-state index is 0.00796. The van der Waals surface area contributed by atoms with Crippen molar-refractivity contribution >= 4 is 11.6 Å². The van der Waals surface area contributed by atoms with Crippen LogP contribution in [0.3, 0.4) is 0 Å². The number of benzene rings is 1. The summed E-state index contributed by atoms with van der Waals surface area (Å²) in [6.45, 7) is 1.98. The van der Waals surface area contributed by atoms with Gasteiger partial charge in [-0.3, -0.25) is 4.79 Å². The number of hydrogen-bond acceptors (Lipinski definition) is 3. The number of carbonyl (C=O) groups is 1. The van der Waals surface area contributed by atoms with E-state index in [4.69, 9.17) is 0 Å². The molecule has 0 aliphatic heterocycles. The smallest absolute Gasteiger partial charge is 0.348 e. The van der Waals surface area contributed by atoms with E-state index >= 15 is 0 Å². The molecule has 4 atom stereocenters. The van der Waals surface area contributed by atoms with Crippen LogP contribution in [0.5, 0.6) is 0 Å². The van der Waals surface area contributed by atoms with Crippen molar-refractivity contribution in [2.75, 3.05) is 0 Å². The molecule has 5 rings (SSSR count). The molecule has 31 heavy (non-hydrogen) atoms. The van der Waals surface area contributed by atoms with Crippen LogP contribution >= 0.6 is 0 Å². The van der Waals surface area contributed by atoms with E-state index in [-0.39, 0.29) is 23.1 Å². The van der Waals surface area contributed by atoms with Crippen LogP contribution in [0.15, 0.2) is 42.5 Å². The first-order valence-corrected chi connectivity index (χ1v) is 10.6. The fourth-order valence-electron chi connectivity index (χ4n) is 5.34. The first kappa shape index (κ1) is 20.0. The quantitative estimate of drug-likeness (QED) is 0.638. The number of fused-ring (bicyclic) bond motifs is 3. The van der Waals surface area contributed by atoms with Crippen molar-refractivity contribution in [3.63, 3.8) is 0 Å². The van der Waals surface area contributed by atoms with E-state index in [9.17, 15) is 18.0 Å². The third-order valence-electron chi connectivity index (χ3n) is 6.81. The maximum atomic E-state index is 13.7. The predicted molar refractivity (Wildman–Crippen MR) is 109 cm³/mol. The highest BCUT2D eigenvalue weighted by atomic mass is 19.4. The average molecular weight is 428 g/mol. The number of aromatic nitrogens is 3. The fourth-order valence-corrected chi connectivity index (χ4v) is 5.34. The van der Waals surface area contributed by atoms with Crippen molar-refractivity contribution in [3.05, 3.63) is 53.9 Å². The molecule has 8 heteroatoms. The number of hydrogen-bond donors (Lipinski definition) is 1. The first-order chi connectivity index (χ1) is 14.8. The molecule has 0 saturated heterocycles. The van der Waals surface area contributed by atoms with Crippen LogP contribution in [-0.2, 0) is 6.18 Å². The molecule has 1 amide bonds. The van der Waals surface area contributed by atoms with E-state index in [1.165, 1.54) is 25.3 Å². The van der Waals surface area contributed by atoms with E-state index < -0.39 is 17.8 Å². The van der Waals surface area contributed by atoms with Crippen LogP contribution < -0.4 is 5.32 Å². The van der Waals surface area contributed by atoms with E-state index in [2.05, 4.69) is 15.4 Å². The summed E-state index contributed by atoms with van der Waals surface area (Å²) in [5.41, 5.74) is -0.281. The van der Waals surface area contributed by atoms with Gasteiger partial charge in [-0.2, -0.15) is 18.3 Å². The second-order valence-electron chi connectivity index (χ2n) is 8.79. The van der Waals surface area contributed by atoms with E-state index in [1.807, 2.05) is 6.92 Å². The second kappa shape index (κ2) is 7.35. The zero-order chi connectivity index (χ0) is 21.8. The minimum atomic E-state index is -4.64. The Bertz CT molecular complexity index is 1130. The van der Waals surface area contributed by atoms with Gasteiger partial charge in [0.25, 0.3) is 5.91 Å². The summed E-state index contributed by atoms with van der Waals surface area (Å²) >= 11 is 0. The molecule has 2 saturated carbocycles. The molecule has 0 radical (unpaired) electrons. The maximum absolute atomic E-state index is 13.7. The standard InChI is InChI=1S/C23H23F3N4O/c1-13(17-10-14-7-8-16(17)9-14)27-22(31)19-12-21-28-18(15-5-3-2-4-6-15)11-20(23(24,25)26)30(21)29-19/h2-6,11-14,16-17H,7-10H2,1H3,(H,27,31)/t13-,14-,16-,17+/m0/s1. The largest absolute Gasteiger partial charge is 0.433 e. The SMILES string of the molecule is C[C@H](NC(=O)c1cc2nc(-c3ccccc3)cc(C(F)(F)F)n2n1)[C@H]1C[C@H]2CC[C@H]1C2. The number of halogens is 3. The summed E-state index contributed by atoms with van der Waals surface area (Å²) < 4.78 is 41.9. The number of alkyl halides is 3. The molecule has 2 fully saturated rings. The van der Waals surface area contributed by atoms with Gasteiger partial charge in [-0.05, 0) is 50.0 Å². The molecular formula is C23H23F3N4O. The highest BCUT2D eigenvalue weighted by Gasteiger charge is 2.42. The van der Waals surface area contributed by atoms with Crippen molar-refractivity contribution in [2.24, 2.45) is 17.8 Å². The van der Waals surface area contributed by atoms with E-state index in [0.717, 1.165) is 18.4 Å². The van der Waals surface area contributed by atoms with Crippen molar-refractivity contribution in [3.8, 4) is 11.3 Å². The van der Waals surface area contributed by atoms with Gasteiger partial charge in [-0.1, -0.05) is 36.8 Å². The van der Waals surface area contributed by atoms with Crippen molar-refractivity contribution in [1.29, 1.82) is 0 Å². The Balaban J connectivity index is 1.46. The zero-order valence-electron chi connectivity index (χ0n) is 17.1. The number of nitrogens with zero attached hydrogens (tertiary/aromatic N) is 3. The minimum Gasteiger partial charge on any atom is -0.348 e. The molecule has 2 aliphatic rings.